The van der Waals surface area contributed by atoms with E-state index in [-0.39, 0.29) is 11.8 Å². The molecule has 6 nitrogen and oxygen atoms in total. The summed E-state index contributed by atoms with van der Waals surface area (Å²) >= 11 is 0. The van der Waals surface area contributed by atoms with Gasteiger partial charge in [-0.25, -0.2) is 9.67 Å². The van der Waals surface area contributed by atoms with Crippen LogP contribution in [0.15, 0.2) is 36.9 Å². The summed E-state index contributed by atoms with van der Waals surface area (Å²) in [7, 11) is 0. The lowest BCUT2D eigenvalue weighted by Gasteiger charge is -2.21. The maximum atomic E-state index is 12.1. The zero-order chi connectivity index (χ0) is 14.5. The zero-order valence-corrected chi connectivity index (χ0v) is 11.8. The molecule has 0 saturated carbocycles. The van der Waals surface area contributed by atoms with Gasteiger partial charge in [0.1, 0.15) is 12.7 Å². The first-order chi connectivity index (χ1) is 10.3. The monoisotopic (exact) mass is 285 g/mol. The Hall–Kier alpha value is -2.21. The Bertz CT molecular complexity index is 573. The van der Waals surface area contributed by atoms with E-state index in [0.717, 1.165) is 37.2 Å². The minimum atomic E-state index is 0.0774. The molecule has 1 aromatic heterocycles. The Kier molecular flexibility index (Phi) is 4.25. The van der Waals surface area contributed by atoms with Gasteiger partial charge >= 0.3 is 0 Å². The van der Waals surface area contributed by atoms with Crippen LogP contribution in [0.5, 0.6) is 0 Å². The number of nitrogens with zero attached hydrogens (tertiary/aromatic N) is 3. The van der Waals surface area contributed by atoms with E-state index in [1.54, 1.807) is 11.0 Å². The number of hydrogen-bond acceptors (Lipinski definition) is 4. The molecule has 1 amide bonds. The highest BCUT2D eigenvalue weighted by Gasteiger charge is 2.20. The third-order valence-electron chi connectivity index (χ3n) is 3.70. The number of rotatable bonds is 4. The molecule has 1 aliphatic rings. The summed E-state index contributed by atoms with van der Waals surface area (Å²) in [6.45, 7) is 2.47. The molecular formula is C15H19N5O. The number of piperidine rings is 1. The number of carbonyl (C=O) groups excluding carboxylic acids is 1. The molecule has 0 aliphatic carbocycles. The molecule has 21 heavy (non-hydrogen) atoms. The largest absolute Gasteiger partial charge is 0.326 e. The molecule has 0 radical (unpaired) electrons. The van der Waals surface area contributed by atoms with Crippen LogP contribution in [0.4, 0.5) is 5.69 Å². The van der Waals surface area contributed by atoms with Crippen LogP contribution in [-0.4, -0.2) is 33.8 Å². The van der Waals surface area contributed by atoms with Crippen LogP contribution in [0.3, 0.4) is 0 Å². The SMILES string of the molecule is O=C(Nc1ccc(Cn2cncn2)cc1)[C@H]1CCCNC1. The lowest BCUT2D eigenvalue weighted by atomic mass is 9.99. The van der Waals surface area contributed by atoms with E-state index in [9.17, 15) is 4.79 Å². The molecule has 6 heteroatoms. The lowest BCUT2D eigenvalue weighted by Crippen LogP contribution is -2.37. The number of nitrogens with one attached hydrogen (secondary N) is 2. The standard InChI is InChI=1S/C15H19N5O/c21-15(13-2-1-7-16-8-13)19-14-5-3-12(4-6-14)9-20-11-17-10-18-20/h3-6,10-11,13,16H,1-2,7-9H2,(H,19,21)/t13-/m0/s1. The Morgan fingerprint density at radius 2 is 2.24 bits per heavy atom. The van der Waals surface area contributed by atoms with Gasteiger partial charge < -0.3 is 10.6 Å². The van der Waals surface area contributed by atoms with Gasteiger partial charge in [-0.2, -0.15) is 5.10 Å². The summed E-state index contributed by atoms with van der Waals surface area (Å²) in [5, 5.41) is 10.3. The van der Waals surface area contributed by atoms with Crippen molar-refractivity contribution in [1.82, 2.24) is 20.1 Å². The fourth-order valence-corrected chi connectivity index (χ4v) is 2.51. The van der Waals surface area contributed by atoms with Gasteiger partial charge in [0.2, 0.25) is 5.91 Å². The predicted octanol–water partition coefficient (Wildman–Crippen LogP) is 1.26. The third-order valence-corrected chi connectivity index (χ3v) is 3.70. The molecule has 2 heterocycles. The molecule has 1 aliphatic heterocycles. The van der Waals surface area contributed by atoms with Crippen molar-refractivity contribution in [2.75, 3.05) is 18.4 Å². The van der Waals surface area contributed by atoms with Gasteiger partial charge in [-0.05, 0) is 37.1 Å². The fourth-order valence-electron chi connectivity index (χ4n) is 2.51. The highest BCUT2D eigenvalue weighted by molar-refractivity contribution is 5.92. The lowest BCUT2D eigenvalue weighted by molar-refractivity contribution is -0.120. The fraction of sp³-hybridized carbons (Fsp3) is 0.400. The van der Waals surface area contributed by atoms with E-state index in [1.165, 1.54) is 6.33 Å². The van der Waals surface area contributed by atoms with Crippen LogP contribution in [0.1, 0.15) is 18.4 Å². The smallest absolute Gasteiger partial charge is 0.228 e. The Morgan fingerprint density at radius 3 is 2.90 bits per heavy atom. The van der Waals surface area contributed by atoms with Gasteiger partial charge in [0, 0.05) is 12.2 Å². The van der Waals surface area contributed by atoms with Crippen molar-refractivity contribution in [2.45, 2.75) is 19.4 Å². The van der Waals surface area contributed by atoms with Crippen molar-refractivity contribution in [3.05, 3.63) is 42.5 Å². The summed E-state index contributed by atoms with van der Waals surface area (Å²) in [4.78, 5) is 16.1. The van der Waals surface area contributed by atoms with Crippen molar-refractivity contribution < 1.29 is 4.79 Å². The van der Waals surface area contributed by atoms with Gasteiger partial charge in [-0.15, -0.1) is 0 Å². The molecule has 0 bridgehead atoms. The van der Waals surface area contributed by atoms with Crippen molar-refractivity contribution in [3.63, 3.8) is 0 Å². The molecule has 0 spiro atoms. The normalized spacial score (nSPS) is 18.4. The second-order valence-corrected chi connectivity index (χ2v) is 5.32. The minimum Gasteiger partial charge on any atom is -0.326 e. The van der Waals surface area contributed by atoms with Gasteiger partial charge in [-0.1, -0.05) is 12.1 Å². The van der Waals surface area contributed by atoms with Crippen LogP contribution in [0.2, 0.25) is 0 Å². The molecule has 2 aromatic rings. The summed E-state index contributed by atoms with van der Waals surface area (Å²) in [6, 6.07) is 7.85. The molecule has 2 N–H and O–H groups in total. The van der Waals surface area contributed by atoms with Crippen LogP contribution in [-0.2, 0) is 11.3 Å². The van der Waals surface area contributed by atoms with E-state index in [0.29, 0.717) is 6.54 Å². The van der Waals surface area contributed by atoms with Crippen LogP contribution >= 0.6 is 0 Å². The first kappa shape index (κ1) is 13.8. The number of anilines is 1. The van der Waals surface area contributed by atoms with Gasteiger partial charge in [0.15, 0.2) is 0 Å². The number of benzene rings is 1. The Balaban J connectivity index is 1.57. The van der Waals surface area contributed by atoms with Crippen LogP contribution in [0, 0.1) is 5.92 Å². The van der Waals surface area contributed by atoms with E-state index in [4.69, 9.17) is 0 Å². The topological polar surface area (TPSA) is 71.8 Å². The minimum absolute atomic E-state index is 0.0774. The quantitative estimate of drug-likeness (QED) is 0.887. The second kappa shape index (κ2) is 6.49. The maximum Gasteiger partial charge on any atom is 0.228 e. The number of amides is 1. The number of aromatic nitrogens is 3. The van der Waals surface area contributed by atoms with Gasteiger partial charge in [0.05, 0.1) is 12.5 Å². The summed E-state index contributed by atoms with van der Waals surface area (Å²) < 4.78 is 1.77. The average molecular weight is 285 g/mol. The molecule has 1 atom stereocenters. The molecule has 3 rings (SSSR count). The first-order valence-corrected chi connectivity index (χ1v) is 7.24. The molecule has 1 fully saturated rings. The summed E-state index contributed by atoms with van der Waals surface area (Å²) in [6.07, 6.45) is 5.23. The Morgan fingerprint density at radius 1 is 1.38 bits per heavy atom. The number of carbonyl (C=O) groups is 1. The van der Waals surface area contributed by atoms with Crippen LogP contribution in [0.25, 0.3) is 0 Å². The van der Waals surface area contributed by atoms with E-state index in [1.807, 2.05) is 24.3 Å². The second-order valence-electron chi connectivity index (χ2n) is 5.32. The predicted molar refractivity (Wildman–Crippen MR) is 79.8 cm³/mol. The van der Waals surface area contributed by atoms with Crippen molar-refractivity contribution >= 4 is 11.6 Å². The summed E-state index contributed by atoms with van der Waals surface area (Å²) in [5.41, 5.74) is 1.96. The van der Waals surface area contributed by atoms with Gasteiger partial charge in [0.25, 0.3) is 0 Å². The van der Waals surface area contributed by atoms with E-state index in [2.05, 4.69) is 20.7 Å². The van der Waals surface area contributed by atoms with Gasteiger partial charge in [-0.3, -0.25) is 4.79 Å². The van der Waals surface area contributed by atoms with Crippen molar-refractivity contribution in [2.24, 2.45) is 5.92 Å². The molecule has 0 unspecified atom stereocenters. The maximum absolute atomic E-state index is 12.1. The Labute approximate surface area is 123 Å². The molecular weight excluding hydrogens is 266 g/mol. The highest BCUT2D eigenvalue weighted by Crippen LogP contribution is 2.15. The zero-order valence-electron chi connectivity index (χ0n) is 11.8. The average Bonchev–Trinajstić information content (AvgIpc) is 3.03. The third kappa shape index (κ3) is 3.66. The highest BCUT2D eigenvalue weighted by atomic mass is 16.1. The van der Waals surface area contributed by atoms with E-state index >= 15 is 0 Å². The molecule has 1 aromatic carbocycles. The van der Waals surface area contributed by atoms with E-state index < -0.39 is 0 Å². The summed E-state index contributed by atoms with van der Waals surface area (Å²) in [5.74, 6) is 0.180. The number of hydrogen-bond donors (Lipinski definition) is 2. The molecule has 1 saturated heterocycles. The van der Waals surface area contributed by atoms with Crippen molar-refractivity contribution in [1.29, 1.82) is 0 Å². The first-order valence-electron chi connectivity index (χ1n) is 7.24. The molecule has 110 valence electrons. The van der Waals surface area contributed by atoms with Crippen molar-refractivity contribution in [3.8, 4) is 0 Å². The van der Waals surface area contributed by atoms with Crippen LogP contribution < -0.4 is 10.6 Å².